The Bertz CT molecular complexity index is 1140. The standard InChI is InChI=1S/C26H30N4O3S/c1-5-6-15-32-20-13-11-19(12-14-20)25-30(18(4)31)22-10-8-7-9-21(22)23-24(33-25)27-26(29-28-23)34-16-17(2)3/h7-14,17,25H,5-6,15-16H2,1-4H3/t25-/m1/s1. The van der Waals surface area contributed by atoms with Crippen molar-refractivity contribution in [1.29, 1.82) is 0 Å². The van der Waals surface area contributed by atoms with E-state index < -0.39 is 6.23 Å². The summed E-state index contributed by atoms with van der Waals surface area (Å²) in [6.45, 7) is 8.64. The number of rotatable bonds is 8. The van der Waals surface area contributed by atoms with E-state index in [-0.39, 0.29) is 5.91 Å². The van der Waals surface area contributed by atoms with Gasteiger partial charge in [-0.3, -0.25) is 9.69 Å². The van der Waals surface area contributed by atoms with Crippen molar-refractivity contribution in [3.8, 4) is 22.9 Å². The maximum Gasteiger partial charge on any atom is 0.247 e. The molecule has 0 bridgehead atoms. The van der Waals surface area contributed by atoms with Crippen LogP contribution in [0.4, 0.5) is 5.69 Å². The van der Waals surface area contributed by atoms with Crippen LogP contribution in [0.15, 0.2) is 53.7 Å². The summed E-state index contributed by atoms with van der Waals surface area (Å²) in [5.74, 6) is 2.38. The van der Waals surface area contributed by atoms with Crippen LogP contribution in [0.5, 0.6) is 11.6 Å². The van der Waals surface area contributed by atoms with Gasteiger partial charge in [0.15, 0.2) is 5.69 Å². The van der Waals surface area contributed by atoms with Crippen LogP contribution < -0.4 is 14.4 Å². The van der Waals surface area contributed by atoms with E-state index in [1.807, 2.05) is 48.5 Å². The normalized spacial score (nSPS) is 14.7. The summed E-state index contributed by atoms with van der Waals surface area (Å²) in [7, 11) is 0. The zero-order chi connectivity index (χ0) is 24.1. The molecule has 1 atom stereocenters. The number of para-hydroxylation sites is 1. The second-order valence-electron chi connectivity index (χ2n) is 8.60. The smallest absolute Gasteiger partial charge is 0.247 e. The number of anilines is 1. The van der Waals surface area contributed by atoms with Crippen molar-refractivity contribution in [1.82, 2.24) is 15.2 Å². The number of benzene rings is 2. The average molecular weight is 479 g/mol. The molecule has 2 aromatic carbocycles. The zero-order valence-corrected chi connectivity index (χ0v) is 20.8. The highest BCUT2D eigenvalue weighted by molar-refractivity contribution is 7.99. The third-order valence-electron chi connectivity index (χ3n) is 5.33. The Balaban J connectivity index is 1.75. The van der Waals surface area contributed by atoms with Crippen LogP contribution in [0.1, 0.15) is 52.3 Å². The van der Waals surface area contributed by atoms with Gasteiger partial charge in [0.1, 0.15) is 5.75 Å². The van der Waals surface area contributed by atoms with Gasteiger partial charge in [-0.2, -0.15) is 4.98 Å². The number of unbranched alkanes of at least 4 members (excludes halogenated alkanes) is 1. The quantitative estimate of drug-likeness (QED) is 0.294. The molecule has 3 aromatic rings. The van der Waals surface area contributed by atoms with E-state index in [2.05, 4.69) is 36.0 Å². The minimum atomic E-state index is -0.704. The van der Waals surface area contributed by atoms with Crippen LogP contribution in [0, 0.1) is 5.92 Å². The van der Waals surface area contributed by atoms with Crippen LogP contribution >= 0.6 is 11.8 Å². The van der Waals surface area contributed by atoms with Gasteiger partial charge in [0.2, 0.25) is 23.2 Å². The highest BCUT2D eigenvalue weighted by atomic mass is 32.2. The lowest BCUT2D eigenvalue weighted by Crippen LogP contribution is -2.36. The molecule has 0 radical (unpaired) electrons. The van der Waals surface area contributed by atoms with Gasteiger partial charge in [0.05, 0.1) is 12.3 Å². The molecule has 0 fully saturated rings. The Morgan fingerprint density at radius 1 is 1.15 bits per heavy atom. The fourth-order valence-corrected chi connectivity index (χ4v) is 4.36. The highest BCUT2D eigenvalue weighted by Crippen LogP contribution is 2.43. The molecule has 7 nitrogen and oxygen atoms in total. The van der Waals surface area contributed by atoms with Gasteiger partial charge < -0.3 is 9.47 Å². The minimum absolute atomic E-state index is 0.143. The first kappa shape index (κ1) is 24.0. The number of carbonyl (C=O) groups excluding carboxylic acids is 1. The predicted octanol–water partition coefficient (Wildman–Crippen LogP) is 5.91. The van der Waals surface area contributed by atoms with Gasteiger partial charge in [0, 0.05) is 23.8 Å². The monoisotopic (exact) mass is 478 g/mol. The summed E-state index contributed by atoms with van der Waals surface area (Å²) < 4.78 is 12.2. The van der Waals surface area contributed by atoms with Crippen LogP contribution in [0.3, 0.4) is 0 Å². The number of thioether (sulfide) groups is 1. The van der Waals surface area contributed by atoms with Gasteiger partial charge in [0.25, 0.3) is 0 Å². The van der Waals surface area contributed by atoms with Crippen LogP contribution in [-0.2, 0) is 4.79 Å². The van der Waals surface area contributed by atoms with Crippen molar-refractivity contribution in [2.75, 3.05) is 17.3 Å². The third-order valence-corrected chi connectivity index (χ3v) is 6.59. The van der Waals surface area contributed by atoms with Crippen molar-refractivity contribution >= 4 is 23.4 Å². The Morgan fingerprint density at radius 2 is 1.91 bits per heavy atom. The second kappa shape index (κ2) is 10.9. The van der Waals surface area contributed by atoms with Gasteiger partial charge in [-0.25, -0.2) is 0 Å². The zero-order valence-electron chi connectivity index (χ0n) is 20.0. The van der Waals surface area contributed by atoms with Crippen LogP contribution in [-0.4, -0.2) is 33.4 Å². The number of hydrogen-bond donors (Lipinski definition) is 0. The Kier molecular flexibility index (Phi) is 7.67. The first-order chi connectivity index (χ1) is 16.5. The minimum Gasteiger partial charge on any atom is -0.494 e. The molecule has 1 amide bonds. The summed E-state index contributed by atoms with van der Waals surface area (Å²) >= 11 is 1.54. The molecule has 1 aromatic heterocycles. The summed E-state index contributed by atoms with van der Waals surface area (Å²) in [5.41, 5.74) is 2.81. The van der Waals surface area contributed by atoms with Crippen LogP contribution in [0.2, 0.25) is 0 Å². The number of aromatic nitrogens is 3. The molecule has 34 heavy (non-hydrogen) atoms. The molecule has 0 aliphatic carbocycles. The van der Waals surface area contributed by atoms with E-state index in [1.54, 1.807) is 16.7 Å². The molecule has 0 spiro atoms. The van der Waals surface area contributed by atoms with E-state index >= 15 is 0 Å². The summed E-state index contributed by atoms with van der Waals surface area (Å²) in [4.78, 5) is 19.2. The van der Waals surface area contributed by atoms with Crippen molar-refractivity contribution in [3.05, 3.63) is 54.1 Å². The van der Waals surface area contributed by atoms with Crippen molar-refractivity contribution in [3.63, 3.8) is 0 Å². The lowest BCUT2D eigenvalue weighted by molar-refractivity contribution is -0.118. The first-order valence-corrected chi connectivity index (χ1v) is 12.6. The number of nitrogens with zero attached hydrogens (tertiary/aromatic N) is 4. The maximum absolute atomic E-state index is 12.9. The van der Waals surface area contributed by atoms with E-state index in [0.29, 0.717) is 34.9 Å². The van der Waals surface area contributed by atoms with Gasteiger partial charge >= 0.3 is 0 Å². The van der Waals surface area contributed by atoms with Gasteiger partial charge in [-0.15, -0.1) is 10.2 Å². The molecule has 4 rings (SSSR count). The Hall–Kier alpha value is -3.13. The van der Waals surface area contributed by atoms with Gasteiger partial charge in [-0.05, 0) is 42.7 Å². The molecule has 8 heteroatoms. The second-order valence-corrected chi connectivity index (χ2v) is 9.59. The lowest BCUT2D eigenvalue weighted by Gasteiger charge is -2.30. The molecule has 1 aliphatic heterocycles. The summed E-state index contributed by atoms with van der Waals surface area (Å²) in [6, 6.07) is 15.3. The predicted molar refractivity (Wildman–Crippen MR) is 134 cm³/mol. The Morgan fingerprint density at radius 3 is 2.62 bits per heavy atom. The highest BCUT2D eigenvalue weighted by Gasteiger charge is 2.34. The van der Waals surface area contributed by atoms with E-state index in [9.17, 15) is 4.79 Å². The fraction of sp³-hybridized carbons (Fsp3) is 0.385. The summed E-state index contributed by atoms with van der Waals surface area (Å²) in [5, 5.41) is 9.34. The Labute approximate surface area is 204 Å². The van der Waals surface area contributed by atoms with Crippen molar-refractivity contribution in [2.45, 2.75) is 51.9 Å². The molecule has 0 saturated carbocycles. The number of amides is 1. The first-order valence-electron chi connectivity index (χ1n) is 11.6. The lowest BCUT2D eigenvalue weighted by atomic mass is 10.1. The number of fused-ring (bicyclic) bond motifs is 3. The molecule has 178 valence electrons. The third kappa shape index (κ3) is 5.33. The van der Waals surface area contributed by atoms with E-state index in [4.69, 9.17) is 9.47 Å². The number of hydrogen-bond acceptors (Lipinski definition) is 7. The van der Waals surface area contributed by atoms with Crippen LogP contribution in [0.25, 0.3) is 11.3 Å². The number of carbonyl (C=O) groups is 1. The van der Waals surface area contributed by atoms with E-state index in [0.717, 1.165) is 35.5 Å². The summed E-state index contributed by atoms with van der Waals surface area (Å²) in [6.07, 6.45) is 1.38. The molecule has 0 unspecified atom stereocenters. The largest absolute Gasteiger partial charge is 0.494 e. The molecular weight excluding hydrogens is 448 g/mol. The maximum atomic E-state index is 12.9. The molecule has 0 saturated heterocycles. The molecule has 1 aliphatic rings. The average Bonchev–Trinajstić information content (AvgIpc) is 2.97. The number of ether oxygens (including phenoxy) is 2. The molecule has 2 heterocycles. The van der Waals surface area contributed by atoms with Crippen molar-refractivity contribution < 1.29 is 14.3 Å². The van der Waals surface area contributed by atoms with Crippen molar-refractivity contribution in [2.24, 2.45) is 5.92 Å². The van der Waals surface area contributed by atoms with Gasteiger partial charge in [-0.1, -0.05) is 57.2 Å². The molecular formula is C26H30N4O3S. The molecule has 0 N–H and O–H groups in total. The SMILES string of the molecule is CCCCOc1ccc([C@H]2Oc3nc(SCC(C)C)nnc3-c3ccccc3N2C(C)=O)cc1. The topological polar surface area (TPSA) is 77.4 Å². The fourth-order valence-electron chi connectivity index (χ4n) is 3.63. The van der Waals surface area contributed by atoms with E-state index in [1.165, 1.54) is 6.92 Å².